The van der Waals surface area contributed by atoms with E-state index in [0.29, 0.717) is 24.5 Å². The van der Waals surface area contributed by atoms with Gasteiger partial charge in [0.2, 0.25) is 11.8 Å². The summed E-state index contributed by atoms with van der Waals surface area (Å²) in [6.45, 7) is 3.46. The van der Waals surface area contributed by atoms with E-state index < -0.39 is 23.3 Å². The van der Waals surface area contributed by atoms with Crippen LogP contribution in [0.4, 0.5) is 0 Å². The van der Waals surface area contributed by atoms with Gasteiger partial charge in [0.15, 0.2) is 0 Å². The second kappa shape index (κ2) is 3.87. The number of nitrogens with zero attached hydrogens (tertiary/aromatic N) is 1. The Labute approximate surface area is 98.0 Å². The van der Waals surface area contributed by atoms with Crippen molar-refractivity contribution in [1.29, 1.82) is 0 Å². The molecule has 1 fully saturated rings. The molecule has 1 aromatic heterocycles. The molecule has 17 heavy (non-hydrogen) atoms. The monoisotopic (exact) mass is 238 g/mol. The van der Waals surface area contributed by atoms with Gasteiger partial charge in [-0.15, -0.1) is 0 Å². The molecule has 6 nitrogen and oxygen atoms in total. The highest BCUT2D eigenvalue weighted by atomic mass is 16.4. The number of carbonyl (C=O) groups is 2. The number of aromatic nitrogens is 1. The smallest absolute Gasteiger partial charge is 0.319 e. The average molecular weight is 238 g/mol. The average Bonchev–Trinajstić information content (AvgIpc) is 2.96. The molecule has 1 heterocycles. The van der Waals surface area contributed by atoms with Crippen molar-refractivity contribution in [2.75, 3.05) is 0 Å². The SMILES string of the molecule is Cc1cnc(C(C)NC(=O)C2(C(=O)O)CC2)o1. The Kier molecular flexibility index (Phi) is 2.65. The zero-order valence-corrected chi connectivity index (χ0v) is 9.69. The van der Waals surface area contributed by atoms with Crippen LogP contribution in [0.2, 0.25) is 0 Å². The normalized spacial score (nSPS) is 18.5. The minimum absolute atomic E-state index is 0.386. The van der Waals surface area contributed by atoms with Gasteiger partial charge in [-0.1, -0.05) is 0 Å². The van der Waals surface area contributed by atoms with Crippen LogP contribution in [0.1, 0.15) is 37.5 Å². The molecular formula is C11H14N2O4. The van der Waals surface area contributed by atoms with Gasteiger partial charge in [-0.3, -0.25) is 9.59 Å². The summed E-state index contributed by atoms with van der Waals surface area (Å²) >= 11 is 0. The molecule has 2 rings (SSSR count). The third-order valence-electron chi connectivity index (χ3n) is 2.95. The van der Waals surface area contributed by atoms with Crippen molar-refractivity contribution in [3.05, 3.63) is 17.8 Å². The number of hydrogen-bond donors (Lipinski definition) is 2. The molecule has 6 heteroatoms. The second-order valence-corrected chi connectivity index (χ2v) is 4.39. The highest BCUT2D eigenvalue weighted by molar-refractivity contribution is 6.04. The molecule has 1 amide bonds. The van der Waals surface area contributed by atoms with Gasteiger partial charge in [0.25, 0.3) is 0 Å². The number of carbonyl (C=O) groups excluding carboxylic acids is 1. The first-order valence-corrected chi connectivity index (χ1v) is 5.42. The fraction of sp³-hybridized carbons (Fsp3) is 0.545. The van der Waals surface area contributed by atoms with Crippen LogP contribution in [-0.4, -0.2) is 22.0 Å². The van der Waals surface area contributed by atoms with Crippen molar-refractivity contribution in [3.63, 3.8) is 0 Å². The van der Waals surface area contributed by atoms with Gasteiger partial charge in [-0.25, -0.2) is 4.98 Å². The quantitative estimate of drug-likeness (QED) is 0.764. The van der Waals surface area contributed by atoms with Crippen LogP contribution in [0.3, 0.4) is 0 Å². The van der Waals surface area contributed by atoms with E-state index in [4.69, 9.17) is 9.52 Å². The highest BCUT2D eigenvalue weighted by Gasteiger charge is 2.57. The summed E-state index contributed by atoms with van der Waals surface area (Å²) in [4.78, 5) is 26.7. The van der Waals surface area contributed by atoms with Gasteiger partial charge >= 0.3 is 5.97 Å². The molecular weight excluding hydrogens is 224 g/mol. The number of carboxylic acid groups (broad SMARTS) is 1. The van der Waals surface area contributed by atoms with Gasteiger partial charge < -0.3 is 14.8 Å². The van der Waals surface area contributed by atoms with Crippen LogP contribution in [0.25, 0.3) is 0 Å². The molecule has 0 aromatic carbocycles. The Morgan fingerprint density at radius 3 is 2.65 bits per heavy atom. The summed E-state index contributed by atoms with van der Waals surface area (Å²) in [5, 5.41) is 11.6. The van der Waals surface area contributed by atoms with Gasteiger partial charge in [0.05, 0.1) is 6.20 Å². The first-order chi connectivity index (χ1) is 7.95. The van der Waals surface area contributed by atoms with E-state index in [9.17, 15) is 9.59 Å². The highest BCUT2D eigenvalue weighted by Crippen LogP contribution is 2.46. The lowest BCUT2D eigenvalue weighted by atomic mass is 10.1. The molecule has 2 N–H and O–H groups in total. The van der Waals surface area contributed by atoms with Crippen LogP contribution in [0.5, 0.6) is 0 Å². The van der Waals surface area contributed by atoms with E-state index in [1.54, 1.807) is 20.0 Å². The maximum atomic E-state index is 11.8. The lowest BCUT2D eigenvalue weighted by molar-refractivity contribution is -0.149. The molecule has 1 atom stereocenters. The van der Waals surface area contributed by atoms with Crippen LogP contribution < -0.4 is 5.32 Å². The molecule has 0 spiro atoms. The summed E-state index contributed by atoms with van der Waals surface area (Å²) in [5.74, 6) is -0.489. The molecule has 0 aliphatic heterocycles. The maximum absolute atomic E-state index is 11.8. The van der Waals surface area contributed by atoms with Crippen LogP contribution in [-0.2, 0) is 9.59 Å². The van der Waals surface area contributed by atoms with Crippen LogP contribution >= 0.6 is 0 Å². The zero-order chi connectivity index (χ0) is 12.6. The fourth-order valence-electron chi connectivity index (χ4n) is 1.63. The molecule has 1 aromatic rings. The maximum Gasteiger partial charge on any atom is 0.319 e. The molecule has 1 aliphatic carbocycles. The van der Waals surface area contributed by atoms with E-state index in [1.165, 1.54) is 0 Å². The van der Waals surface area contributed by atoms with Gasteiger partial charge in [-0.2, -0.15) is 0 Å². The molecule has 0 bridgehead atoms. The minimum Gasteiger partial charge on any atom is -0.480 e. The molecule has 1 unspecified atom stereocenters. The third-order valence-corrected chi connectivity index (χ3v) is 2.95. The predicted octanol–water partition coefficient (Wildman–Crippen LogP) is 1.03. The summed E-state index contributed by atoms with van der Waals surface area (Å²) < 4.78 is 5.27. The van der Waals surface area contributed by atoms with E-state index in [1.807, 2.05) is 0 Å². The second-order valence-electron chi connectivity index (χ2n) is 4.39. The van der Waals surface area contributed by atoms with Crippen molar-refractivity contribution in [2.45, 2.75) is 32.7 Å². The summed E-state index contributed by atoms with van der Waals surface area (Å²) in [7, 11) is 0. The Hall–Kier alpha value is -1.85. The molecule has 0 radical (unpaired) electrons. The van der Waals surface area contributed by atoms with Gasteiger partial charge in [-0.05, 0) is 26.7 Å². The topological polar surface area (TPSA) is 92.4 Å². The number of nitrogens with one attached hydrogen (secondary N) is 1. The summed E-state index contributed by atoms with van der Waals surface area (Å²) in [6.07, 6.45) is 2.35. The van der Waals surface area contributed by atoms with Gasteiger partial charge in [0, 0.05) is 0 Å². The number of aryl methyl sites for hydroxylation is 1. The number of aliphatic carboxylic acids is 1. The van der Waals surface area contributed by atoms with E-state index in [-0.39, 0.29) is 0 Å². The van der Waals surface area contributed by atoms with Crippen LogP contribution in [0.15, 0.2) is 10.6 Å². The first kappa shape index (κ1) is 11.6. The number of oxazole rings is 1. The molecule has 1 saturated carbocycles. The fourth-order valence-corrected chi connectivity index (χ4v) is 1.63. The Morgan fingerprint density at radius 1 is 1.59 bits per heavy atom. The third kappa shape index (κ3) is 2.02. The van der Waals surface area contributed by atoms with E-state index >= 15 is 0 Å². The standard InChI is InChI=1S/C11H14N2O4/c1-6-5-12-8(17-6)7(2)13-9(14)11(3-4-11)10(15)16/h5,7H,3-4H2,1-2H3,(H,13,14)(H,15,16). The van der Waals surface area contributed by atoms with Crippen molar-refractivity contribution >= 4 is 11.9 Å². The van der Waals surface area contributed by atoms with Gasteiger partial charge in [0.1, 0.15) is 17.2 Å². The predicted molar refractivity (Wildman–Crippen MR) is 57.1 cm³/mol. The summed E-state index contributed by atoms with van der Waals surface area (Å²) in [5.41, 5.74) is -1.23. The minimum atomic E-state index is -1.23. The number of rotatable bonds is 4. The zero-order valence-electron chi connectivity index (χ0n) is 9.69. The Morgan fingerprint density at radius 2 is 2.24 bits per heavy atom. The first-order valence-electron chi connectivity index (χ1n) is 5.42. The largest absolute Gasteiger partial charge is 0.480 e. The van der Waals surface area contributed by atoms with Crippen molar-refractivity contribution < 1.29 is 19.1 Å². The van der Waals surface area contributed by atoms with Crippen LogP contribution in [0, 0.1) is 12.3 Å². The molecule has 92 valence electrons. The van der Waals surface area contributed by atoms with Crippen molar-refractivity contribution in [3.8, 4) is 0 Å². The van der Waals surface area contributed by atoms with Crippen molar-refractivity contribution in [2.24, 2.45) is 5.41 Å². The Balaban J connectivity index is 2.02. The molecule has 0 saturated heterocycles. The Bertz CT molecular complexity index is 462. The lowest BCUT2D eigenvalue weighted by Crippen LogP contribution is -2.38. The lowest BCUT2D eigenvalue weighted by Gasteiger charge is -2.14. The number of amides is 1. The van der Waals surface area contributed by atoms with E-state index in [0.717, 1.165) is 0 Å². The number of carboxylic acids is 1. The van der Waals surface area contributed by atoms with Crippen molar-refractivity contribution in [1.82, 2.24) is 10.3 Å². The molecule has 1 aliphatic rings. The van der Waals surface area contributed by atoms with E-state index in [2.05, 4.69) is 10.3 Å². The number of hydrogen-bond acceptors (Lipinski definition) is 4. The summed E-state index contributed by atoms with van der Waals surface area (Å²) in [6, 6.07) is -0.423.